The average molecular weight is 196 g/mol. The predicted molar refractivity (Wildman–Crippen MR) is 47.9 cm³/mol. The van der Waals surface area contributed by atoms with E-state index in [1.807, 2.05) is 0 Å². The molecule has 1 saturated heterocycles. The molecule has 1 aliphatic heterocycles. The fourth-order valence-electron chi connectivity index (χ4n) is 1.80. The van der Waals surface area contributed by atoms with Crippen molar-refractivity contribution in [2.75, 3.05) is 13.2 Å². The highest BCUT2D eigenvalue weighted by atomic mass is 16.5. The minimum Gasteiger partial charge on any atom is -0.479 e. The van der Waals surface area contributed by atoms with Gasteiger partial charge in [0.05, 0.1) is 6.33 Å². The van der Waals surface area contributed by atoms with E-state index in [-0.39, 0.29) is 0 Å². The maximum Gasteiger partial charge on any atom is 0.330 e. The number of carbonyl (C=O) groups is 1. The second kappa shape index (κ2) is 3.42. The van der Waals surface area contributed by atoms with Gasteiger partial charge in [0.1, 0.15) is 5.54 Å². The van der Waals surface area contributed by atoms with Crippen LogP contribution in [0.1, 0.15) is 12.8 Å². The third kappa shape index (κ3) is 1.29. The van der Waals surface area contributed by atoms with Crippen LogP contribution in [-0.4, -0.2) is 33.8 Å². The number of imidazole rings is 1. The highest BCUT2D eigenvalue weighted by Crippen LogP contribution is 2.29. The Balaban J connectivity index is 2.35. The van der Waals surface area contributed by atoms with Gasteiger partial charge in [0, 0.05) is 38.4 Å². The van der Waals surface area contributed by atoms with E-state index in [4.69, 9.17) is 4.74 Å². The number of hydrogen-bond donors (Lipinski definition) is 1. The molecule has 1 N–H and O–H groups in total. The first-order valence-corrected chi connectivity index (χ1v) is 4.55. The highest BCUT2D eigenvalue weighted by molar-refractivity contribution is 5.76. The van der Waals surface area contributed by atoms with Crippen LogP contribution in [-0.2, 0) is 15.1 Å². The fraction of sp³-hybridized carbons (Fsp3) is 0.556. The number of carboxylic acid groups (broad SMARTS) is 1. The van der Waals surface area contributed by atoms with Crippen molar-refractivity contribution >= 4 is 5.97 Å². The van der Waals surface area contributed by atoms with Crippen LogP contribution in [0.5, 0.6) is 0 Å². The van der Waals surface area contributed by atoms with Crippen LogP contribution < -0.4 is 0 Å². The summed E-state index contributed by atoms with van der Waals surface area (Å²) in [5.41, 5.74) is -0.852. The van der Waals surface area contributed by atoms with Gasteiger partial charge in [-0.3, -0.25) is 0 Å². The summed E-state index contributed by atoms with van der Waals surface area (Å²) < 4.78 is 6.84. The third-order valence-electron chi connectivity index (χ3n) is 2.72. The Hall–Kier alpha value is -1.36. The van der Waals surface area contributed by atoms with Gasteiger partial charge in [-0.05, 0) is 0 Å². The lowest BCUT2D eigenvalue weighted by atomic mass is 9.90. The number of hydrogen-bond acceptors (Lipinski definition) is 3. The number of nitrogens with zero attached hydrogens (tertiary/aromatic N) is 2. The van der Waals surface area contributed by atoms with Gasteiger partial charge < -0.3 is 14.4 Å². The smallest absolute Gasteiger partial charge is 0.330 e. The molecule has 0 radical (unpaired) electrons. The summed E-state index contributed by atoms with van der Waals surface area (Å²) in [6.45, 7) is 0.981. The molecule has 1 aromatic rings. The van der Waals surface area contributed by atoms with Crippen molar-refractivity contribution in [2.24, 2.45) is 0 Å². The van der Waals surface area contributed by atoms with Crippen molar-refractivity contribution < 1.29 is 14.6 Å². The molecule has 0 aromatic carbocycles. The minimum atomic E-state index is -0.852. The zero-order valence-corrected chi connectivity index (χ0v) is 7.72. The van der Waals surface area contributed by atoms with Crippen molar-refractivity contribution in [3.8, 4) is 0 Å². The summed E-state index contributed by atoms with van der Waals surface area (Å²) in [5.74, 6) is -0.807. The molecule has 76 valence electrons. The molecule has 2 rings (SSSR count). The Morgan fingerprint density at radius 1 is 1.50 bits per heavy atom. The summed E-state index contributed by atoms with van der Waals surface area (Å²) in [6.07, 6.45) is 5.84. The molecule has 1 aromatic heterocycles. The summed E-state index contributed by atoms with van der Waals surface area (Å²) in [4.78, 5) is 15.2. The number of aromatic nitrogens is 2. The molecule has 5 heteroatoms. The van der Waals surface area contributed by atoms with Gasteiger partial charge in [-0.1, -0.05) is 0 Å². The molecule has 2 heterocycles. The quantitative estimate of drug-likeness (QED) is 0.746. The summed E-state index contributed by atoms with van der Waals surface area (Å²) in [7, 11) is 0. The van der Waals surface area contributed by atoms with Crippen LogP contribution in [0.4, 0.5) is 0 Å². The van der Waals surface area contributed by atoms with Gasteiger partial charge >= 0.3 is 5.97 Å². The first-order valence-electron chi connectivity index (χ1n) is 4.55. The molecule has 0 spiro atoms. The zero-order valence-electron chi connectivity index (χ0n) is 7.72. The fourth-order valence-corrected chi connectivity index (χ4v) is 1.80. The van der Waals surface area contributed by atoms with E-state index < -0.39 is 11.5 Å². The van der Waals surface area contributed by atoms with E-state index in [1.165, 1.54) is 0 Å². The third-order valence-corrected chi connectivity index (χ3v) is 2.72. The molecule has 0 saturated carbocycles. The average Bonchev–Trinajstić information content (AvgIpc) is 2.72. The van der Waals surface area contributed by atoms with E-state index >= 15 is 0 Å². The minimum absolute atomic E-state index is 0.491. The Morgan fingerprint density at radius 2 is 2.21 bits per heavy atom. The molecule has 14 heavy (non-hydrogen) atoms. The molecule has 0 bridgehead atoms. The number of aliphatic carboxylic acids is 1. The molecule has 0 aliphatic carbocycles. The van der Waals surface area contributed by atoms with E-state index in [1.54, 1.807) is 23.3 Å². The molecular formula is C9H12N2O3. The van der Waals surface area contributed by atoms with Crippen molar-refractivity contribution in [2.45, 2.75) is 18.4 Å². The molecular weight excluding hydrogens is 184 g/mol. The first-order chi connectivity index (χ1) is 6.76. The van der Waals surface area contributed by atoms with Crippen molar-refractivity contribution in [1.29, 1.82) is 0 Å². The Morgan fingerprint density at radius 3 is 2.71 bits per heavy atom. The standard InChI is InChI=1S/C9H12N2O3/c12-8(13)9(1-5-14-6-2-9)11-4-3-10-7-11/h3-4,7H,1-2,5-6H2,(H,12,13). The zero-order chi connectivity index (χ0) is 10.0. The van der Waals surface area contributed by atoms with Gasteiger partial charge in [-0.15, -0.1) is 0 Å². The second-order valence-corrected chi connectivity index (χ2v) is 3.42. The van der Waals surface area contributed by atoms with Crippen LogP contribution in [0.25, 0.3) is 0 Å². The van der Waals surface area contributed by atoms with Gasteiger partial charge in [0.2, 0.25) is 0 Å². The Bertz CT molecular complexity index is 315. The SMILES string of the molecule is O=C(O)C1(n2ccnc2)CCOCC1. The molecule has 5 nitrogen and oxygen atoms in total. The van der Waals surface area contributed by atoms with Crippen LogP contribution in [0.2, 0.25) is 0 Å². The lowest BCUT2D eigenvalue weighted by Crippen LogP contribution is -2.45. The lowest BCUT2D eigenvalue weighted by molar-refractivity contribution is -0.152. The van der Waals surface area contributed by atoms with E-state index in [9.17, 15) is 9.90 Å². The summed E-state index contributed by atoms with van der Waals surface area (Å²) in [6, 6.07) is 0. The largest absolute Gasteiger partial charge is 0.479 e. The molecule has 0 atom stereocenters. The Labute approximate surface area is 81.3 Å². The Kier molecular flexibility index (Phi) is 2.25. The highest BCUT2D eigenvalue weighted by Gasteiger charge is 2.41. The van der Waals surface area contributed by atoms with E-state index in [0.29, 0.717) is 26.1 Å². The van der Waals surface area contributed by atoms with Crippen LogP contribution in [0.3, 0.4) is 0 Å². The van der Waals surface area contributed by atoms with Gasteiger partial charge in [0.25, 0.3) is 0 Å². The maximum atomic E-state index is 11.3. The number of rotatable bonds is 2. The lowest BCUT2D eigenvalue weighted by Gasteiger charge is -2.34. The van der Waals surface area contributed by atoms with E-state index in [0.717, 1.165) is 0 Å². The molecule has 0 amide bonds. The van der Waals surface area contributed by atoms with Gasteiger partial charge in [-0.2, -0.15) is 0 Å². The van der Waals surface area contributed by atoms with Crippen LogP contribution in [0, 0.1) is 0 Å². The van der Waals surface area contributed by atoms with E-state index in [2.05, 4.69) is 4.98 Å². The van der Waals surface area contributed by atoms with Crippen molar-refractivity contribution in [1.82, 2.24) is 9.55 Å². The molecule has 1 fully saturated rings. The normalized spacial score (nSPS) is 20.6. The monoisotopic (exact) mass is 196 g/mol. The summed E-state index contributed by atoms with van der Waals surface area (Å²) >= 11 is 0. The maximum absolute atomic E-state index is 11.3. The first kappa shape index (κ1) is 9.21. The van der Waals surface area contributed by atoms with Crippen LogP contribution in [0.15, 0.2) is 18.7 Å². The summed E-state index contributed by atoms with van der Waals surface area (Å²) in [5, 5.41) is 9.26. The molecule has 1 aliphatic rings. The van der Waals surface area contributed by atoms with Crippen molar-refractivity contribution in [3.05, 3.63) is 18.7 Å². The number of carboxylic acids is 1. The topological polar surface area (TPSA) is 64.3 Å². The van der Waals surface area contributed by atoms with Gasteiger partial charge in [0.15, 0.2) is 0 Å². The van der Waals surface area contributed by atoms with Crippen molar-refractivity contribution in [3.63, 3.8) is 0 Å². The second-order valence-electron chi connectivity index (χ2n) is 3.42. The van der Waals surface area contributed by atoms with Crippen LogP contribution >= 0.6 is 0 Å². The molecule has 0 unspecified atom stereocenters. The predicted octanol–water partition coefficient (Wildman–Crippen LogP) is 0.473. The number of ether oxygens (including phenoxy) is 1. The van der Waals surface area contributed by atoms with Gasteiger partial charge in [-0.25, -0.2) is 9.78 Å².